The molecule has 0 unspecified atom stereocenters. The van der Waals surface area contributed by atoms with Gasteiger partial charge in [0, 0.05) is 12.8 Å². The number of aromatic hydroxyl groups is 1. The molecule has 0 aromatic heterocycles. The van der Waals surface area contributed by atoms with E-state index in [1.54, 1.807) is 20.1 Å². The number of thioether (sulfide) groups is 1. The van der Waals surface area contributed by atoms with Crippen LogP contribution in [0, 0.1) is 5.92 Å². The van der Waals surface area contributed by atoms with Crippen LogP contribution in [-0.2, 0) is 49.6 Å². The summed E-state index contributed by atoms with van der Waals surface area (Å²) in [4.78, 5) is 114. The third-order valence-corrected chi connectivity index (χ3v) is 9.65. The Bertz CT molecular complexity index is 1630. The molecule has 0 fully saturated rings. The van der Waals surface area contributed by atoms with Crippen LogP contribution in [-0.4, -0.2) is 136 Å². The second-order valence-corrected chi connectivity index (χ2v) is 15.5. The maximum absolute atomic E-state index is 13.6. The van der Waals surface area contributed by atoms with Crippen molar-refractivity contribution in [1.29, 1.82) is 0 Å². The number of hydrogen-bond donors (Lipinski definition) is 12. The van der Waals surface area contributed by atoms with Crippen molar-refractivity contribution in [3.8, 4) is 5.75 Å². The summed E-state index contributed by atoms with van der Waals surface area (Å²) in [7, 11) is 0. The average molecular weight is 868 g/mol. The van der Waals surface area contributed by atoms with Crippen molar-refractivity contribution in [1.82, 2.24) is 37.2 Å². The fraction of sp³-hybridized carbons (Fsp3) is 0.605. The summed E-state index contributed by atoms with van der Waals surface area (Å²) in [5, 5.41) is 45.3. The van der Waals surface area contributed by atoms with E-state index in [0.717, 1.165) is 0 Å². The van der Waals surface area contributed by atoms with Gasteiger partial charge in [0.15, 0.2) is 0 Å². The molecule has 0 saturated heterocycles. The van der Waals surface area contributed by atoms with Crippen molar-refractivity contribution in [2.75, 3.05) is 25.1 Å². The summed E-state index contributed by atoms with van der Waals surface area (Å²) in [6.45, 7) is 5.60. The van der Waals surface area contributed by atoms with E-state index in [4.69, 9.17) is 16.6 Å². The third-order valence-electron chi connectivity index (χ3n) is 9.01. The first-order chi connectivity index (χ1) is 28.2. The molecule has 21 nitrogen and oxygen atoms in total. The highest BCUT2D eigenvalue weighted by Crippen LogP contribution is 2.13. The summed E-state index contributed by atoms with van der Waals surface area (Å²) in [6, 6.07) is -2.64. The zero-order valence-corrected chi connectivity index (χ0v) is 35.4. The Kier molecular flexibility index (Phi) is 23.9. The first-order valence-electron chi connectivity index (χ1n) is 19.5. The normalized spacial score (nSPS) is 14.5. The summed E-state index contributed by atoms with van der Waals surface area (Å²) in [6.07, 6.45) is 2.33. The second kappa shape index (κ2) is 27.3. The molecule has 0 bridgehead atoms. The molecule has 1 aromatic carbocycles. The molecule has 0 aliphatic heterocycles. The van der Waals surface area contributed by atoms with E-state index in [-0.39, 0.29) is 37.9 Å². The number of unbranched alkanes of at least 4 members (excludes halogenated alkanes) is 1. The quantitative estimate of drug-likeness (QED) is 0.0398. The monoisotopic (exact) mass is 867 g/mol. The topological polar surface area (TPSA) is 351 Å². The van der Waals surface area contributed by atoms with Crippen LogP contribution in [0.3, 0.4) is 0 Å². The van der Waals surface area contributed by atoms with Gasteiger partial charge >= 0.3 is 11.9 Å². The van der Waals surface area contributed by atoms with Gasteiger partial charge in [0.05, 0.1) is 12.6 Å². The SMILES string of the molecule is CSCC[C@H](NC(=O)[C@H](C)NC(=O)[C@H](CCCCN)NC(=O)CNC(=O)[C@@H](NC(=O)[C@@H](N)CCC(=O)O)C(C)C)C(=O)N[C@@H](Cc1ccc(O)cc1)C(=O)N[C@@H](C)C(=O)O. The highest BCUT2D eigenvalue weighted by atomic mass is 32.2. The minimum absolute atomic E-state index is 0.0309. The summed E-state index contributed by atoms with van der Waals surface area (Å²) in [5.74, 6) is -7.83. The number of carboxylic acids is 2. The van der Waals surface area contributed by atoms with Gasteiger partial charge in [0.25, 0.3) is 0 Å². The van der Waals surface area contributed by atoms with Gasteiger partial charge in [0.2, 0.25) is 41.4 Å². The van der Waals surface area contributed by atoms with Crippen LogP contribution in [0.15, 0.2) is 24.3 Å². The number of phenolic OH excluding ortho intramolecular Hbond substituents is 1. The van der Waals surface area contributed by atoms with Crippen LogP contribution < -0.4 is 48.7 Å². The number of benzene rings is 1. The van der Waals surface area contributed by atoms with E-state index in [2.05, 4.69) is 37.2 Å². The zero-order valence-electron chi connectivity index (χ0n) is 34.6. The van der Waals surface area contributed by atoms with E-state index in [0.29, 0.717) is 30.7 Å². The molecule has 0 heterocycles. The van der Waals surface area contributed by atoms with Crippen molar-refractivity contribution < 1.29 is 58.5 Å². The molecular formula is C38H61N9O12S. The highest BCUT2D eigenvalue weighted by Gasteiger charge is 2.32. The summed E-state index contributed by atoms with van der Waals surface area (Å²) < 4.78 is 0. The maximum Gasteiger partial charge on any atom is 0.325 e. The molecule has 0 spiro atoms. The van der Waals surface area contributed by atoms with E-state index in [1.807, 2.05) is 0 Å². The lowest BCUT2D eigenvalue weighted by Gasteiger charge is -2.26. The van der Waals surface area contributed by atoms with Gasteiger partial charge in [-0.15, -0.1) is 0 Å². The van der Waals surface area contributed by atoms with Gasteiger partial charge in [-0.1, -0.05) is 26.0 Å². The number of phenols is 1. The second-order valence-electron chi connectivity index (χ2n) is 14.5. The number of hydrogen-bond acceptors (Lipinski definition) is 13. The van der Waals surface area contributed by atoms with Crippen molar-refractivity contribution in [3.63, 3.8) is 0 Å². The number of carbonyl (C=O) groups is 9. The Hall–Kier alpha value is -5.48. The molecular weight excluding hydrogens is 807 g/mol. The van der Waals surface area contributed by atoms with E-state index in [9.17, 15) is 53.4 Å². The van der Waals surface area contributed by atoms with Crippen molar-refractivity contribution in [2.45, 2.75) is 115 Å². The molecule has 0 saturated carbocycles. The Morgan fingerprint density at radius 3 is 1.80 bits per heavy atom. The van der Waals surface area contributed by atoms with Gasteiger partial charge < -0.3 is 64.0 Å². The van der Waals surface area contributed by atoms with Crippen LogP contribution in [0.2, 0.25) is 0 Å². The number of aliphatic carboxylic acids is 2. The first-order valence-corrected chi connectivity index (χ1v) is 20.9. The van der Waals surface area contributed by atoms with Crippen LogP contribution in [0.5, 0.6) is 5.75 Å². The molecule has 1 aromatic rings. The van der Waals surface area contributed by atoms with E-state index < -0.39 is 108 Å². The predicted molar refractivity (Wildman–Crippen MR) is 221 cm³/mol. The summed E-state index contributed by atoms with van der Waals surface area (Å²) >= 11 is 1.38. The molecule has 7 amide bonds. The number of carbonyl (C=O) groups excluding carboxylic acids is 7. The minimum Gasteiger partial charge on any atom is -0.508 e. The molecule has 0 aliphatic rings. The van der Waals surface area contributed by atoms with Gasteiger partial charge in [-0.3, -0.25) is 43.2 Å². The van der Waals surface area contributed by atoms with E-state index in [1.165, 1.54) is 49.9 Å². The van der Waals surface area contributed by atoms with Crippen molar-refractivity contribution in [2.24, 2.45) is 17.4 Å². The molecule has 60 heavy (non-hydrogen) atoms. The average Bonchev–Trinajstić information content (AvgIpc) is 3.19. The lowest BCUT2D eigenvalue weighted by Crippen LogP contribution is -2.59. The van der Waals surface area contributed by atoms with E-state index >= 15 is 0 Å². The fourth-order valence-electron chi connectivity index (χ4n) is 5.40. The van der Waals surface area contributed by atoms with Gasteiger partial charge in [-0.25, -0.2) is 0 Å². The Labute approximate surface area is 353 Å². The number of carboxylic acid groups (broad SMARTS) is 2. The van der Waals surface area contributed by atoms with Crippen LogP contribution in [0.4, 0.5) is 0 Å². The highest BCUT2D eigenvalue weighted by molar-refractivity contribution is 7.98. The number of rotatable bonds is 28. The smallest absolute Gasteiger partial charge is 0.325 e. The molecule has 0 radical (unpaired) electrons. The van der Waals surface area contributed by atoms with Crippen LogP contribution in [0.1, 0.15) is 71.8 Å². The standard InChI is InChI=1S/C38H61N9O12S/c1-20(2)31(47-33(53)25(40)13-14-30(50)51)37(57)41-19-29(49)44-26(8-6-7-16-39)34(54)42-21(3)32(52)45-27(15-17-60-5)35(55)46-28(36(56)43-22(4)38(58)59)18-23-9-11-24(48)12-10-23/h9-12,20-22,25-28,31,48H,6-8,13-19,39-40H2,1-5H3,(H,41,57)(H,42,54)(H,43,56)(H,44,49)(H,45,52)(H,46,55)(H,47,53)(H,50,51)(H,58,59)/t21-,22-,25-,26-,27-,28-,31-/m0/s1. The lowest BCUT2D eigenvalue weighted by atomic mass is 10.0. The van der Waals surface area contributed by atoms with Gasteiger partial charge in [-0.05, 0) is 88.1 Å². The number of nitrogens with one attached hydrogen (secondary N) is 7. The van der Waals surface area contributed by atoms with Gasteiger partial charge in [-0.2, -0.15) is 11.8 Å². The molecule has 0 aliphatic carbocycles. The first kappa shape index (κ1) is 52.5. The zero-order chi connectivity index (χ0) is 45.5. The molecule has 336 valence electrons. The van der Waals surface area contributed by atoms with Crippen molar-refractivity contribution >= 4 is 65.1 Å². The Morgan fingerprint density at radius 2 is 1.23 bits per heavy atom. The van der Waals surface area contributed by atoms with Gasteiger partial charge in [0.1, 0.15) is 42.0 Å². The largest absolute Gasteiger partial charge is 0.508 e. The maximum atomic E-state index is 13.6. The lowest BCUT2D eigenvalue weighted by molar-refractivity contribution is -0.142. The molecule has 14 N–H and O–H groups in total. The van der Waals surface area contributed by atoms with Crippen LogP contribution in [0.25, 0.3) is 0 Å². The summed E-state index contributed by atoms with van der Waals surface area (Å²) in [5.41, 5.74) is 11.9. The molecule has 22 heteroatoms. The fourth-order valence-corrected chi connectivity index (χ4v) is 5.87. The molecule has 7 atom stereocenters. The van der Waals surface area contributed by atoms with Crippen LogP contribution >= 0.6 is 11.8 Å². The Morgan fingerprint density at radius 1 is 0.667 bits per heavy atom. The predicted octanol–water partition coefficient (Wildman–Crippen LogP) is -2.19. The Balaban J connectivity index is 3.05. The number of nitrogens with two attached hydrogens (primary N) is 2. The number of amides is 7. The van der Waals surface area contributed by atoms with Crippen molar-refractivity contribution in [3.05, 3.63) is 29.8 Å². The third kappa shape index (κ3) is 20.0. The minimum atomic E-state index is -1.30. The molecule has 1 rings (SSSR count).